The van der Waals surface area contributed by atoms with E-state index in [1.54, 1.807) is 17.7 Å². The number of rotatable bonds is 3. The Labute approximate surface area is 147 Å². The molecule has 0 radical (unpaired) electrons. The van der Waals surface area contributed by atoms with Gasteiger partial charge in [-0.2, -0.15) is 0 Å². The minimum absolute atomic E-state index is 0.0205. The molecule has 2 rings (SSSR count). The minimum atomic E-state index is -0.448. The summed E-state index contributed by atoms with van der Waals surface area (Å²) >= 11 is 1.35. The summed E-state index contributed by atoms with van der Waals surface area (Å²) in [5.74, 6) is 0.505. The second-order valence-electron chi connectivity index (χ2n) is 7.39. The van der Waals surface area contributed by atoms with Crippen molar-refractivity contribution in [1.29, 1.82) is 0 Å². The molecule has 0 atom stereocenters. The number of ketones is 1. The van der Waals surface area contributed by atoms with Gasteiger partial charge in [-0.25, -0.2) is 0 Å². The van der Waals surface area contributed by atoms with Crippen molar-refractivity contribution in [2.45, 2.75) is 40.5 Å². The van der Waals surface area contributed by atoms with E-state index in [0.717, 1.165) is 5.56 Å². The molecule has 0 bridgehead atoms. The first-order valence-electron chi connectivity index (χ1n) is 8.13. The molecule has 3 nitrogen and oxygen atoms in total. The SMILES string of the molecule is CC(C)c1ccc(C=c2sc(=CC(=O)C(C)(C)C)n(C)c2=O)cc1. The van der Waals surface area contributed by atoms with Crippen LogP contribution in [0.3, 0.4) is 0 Å². The molecule has 1 aromatic carbocycles. The van der Waals surface area contributed by atoms with E-state index >= 15 is 0 Å². The third-order valence-electron chi connectivity index (χ3n) is 3.96. The first-order valence-corrected chi connectivity index (χ1v) is 8.95. The summed E-state index contributed by atoms with van der Waals surface area (Å²) < 4.78 is 2.87. The molecule has 0 fully saturated rings. The molecule has 1 aromatic heterocycles. The van der Waals surface area contributed by atoms with Crippen molar-refractivity contribution < 1.29 is 4.79 Å². The van der Waals surface area contributed by atoms with Crippen LogP contribution < -0.4 is 14.8 Å². The predicted molar refractivity (Wildman–Crippen MR) is 102 cm³/mol. The van der Waals surface area contributed by atoms with Crippen molar-refractivity contribution in [3.63, 3.8) is 0 Å². The van der Waals surface area contributed by atoms with E-state index in [4.69, 9.17) is 0 Å². The Bertz CT molecular complexity index is 907. The molecule has 0 aliphatic carbocycles. The Balaban J connectivity index is 2.49. The lowest BCUT2D eigenvalue weighted by molar-refractivity contribution is -0.120. The van der Waals surface area contributed by atoms with E-state index in [9.17, 15) is 9.59 Å². The van der Waals surface area contributed by atoms with Crippen molar-refractivity contribution in [2.24, 2.45) is 12.5 Å². The number of nitrogens with zero attached hydrogens (tertiary/aromatic N) is 1. The lowest BCUT2D eigenvalue weighted by Crippen LogP contribution is -2.30. The van der Waals surface area contributed by atoms with Crippen LogP contribution in [0, 0.1) is 5.41 Å². The zero-order valence-electron chi connectivity index (χ0n) is 15.2. The number of benzene rings is 1. The highest BCUT2D eigenvalue weighted by Gasteiger charge is 2.19. The third kappa shape index (κ3) is 4.12. The van der Waals surface area contributed by atoms with Crippen LogP contribution in [0.5, 0.6) is 0 Å². The van der Waals surface area contributed by atoms with Crippen LogP contribution >= 0.6 is 11.3 Å². The molecule has 0 spiro atoms. The molecule has 1 heterocycles. The molecule has 0 aliphatic heterocycles. The van der Waals surface area contributed by atoms with Gasteiger partial charge in [0.2, 0.25) is 0 Å². The van der Waals surface area contributed by atoms with Gasteiger partial charge in [0.1, 0.15) is 4.66 Å². The topological polar surface area (TPSA) is 39.1 Å². The van der Waals surface area contributed by atoms with Crippen LogP contribution in [0.15, 0.2) is 29.1 Å². The molecule has 0 saturated carbocycles. The standard InChI is InChI=1S/C20H25NO2S/c1-13(2)15-9-7-14(8-10-15)11-16-19(23)21(6)18(24-16)12-17(22)20(3,4)5/h7-13H,1-6H3. The summed E-state index contributed by atoms with van der Waals surface area (Å²) in [4.78, 5) is 24.6. The Kier molecular flexibility index (Phi) is 5.29. The van der Waals surface area contributed by atoms with Crippen molar-refractivity contribution in [3.05, 3.63) is 54.9 Å². The monoisotopic (exact) mass is 343 g/mol. The Morgan fingerprint density at radius 3 is 2.25 bits per heavy atom. The minimum Gasteiger partial charge on any atom is -0.302 e. The first-order chi connectivity index (χ1) is 11.1. The summed E-state index contributed by atoms with van der Waals surface area (Å²) in [6.07, 6.45) is 3.46. The molecule has 4 heteroatoms. The molecule has 0 N–H and O–H groups in total. The molecule has 0 saturated heterocycles. The van der Waals surface area contributed by atoms with Crippen molar-refractivity contribution >= 4 is 29.3 Å². The normalized spacial score (nSPS) is 13.8. The van der Waals surface area contributed by atoms with Crippen molar-refractivity contribution in [2.75, 3.05) is 0 Å². The number of aromatic nitrogens is 1. The fourth-order valence-corrected chi connectivity index (χ4v) is 3.20. The maximum absolute atomic E-state index is 12.4. The van der Waals surface area contributed by atoms with Crippen molar-refractivity contribution in [1.82, 2.24) is 4.57 Å². The van der Waals surface area contributed by atoms with E-state index in [-0.39, 0.29) is 11.3 Å². The van der Waals surface area contributed by atoms with Crippen molar-refractivity contribution in [3.8, 4) is 0 Å². The van der Waals surface area contributed by atoms with Gasteiger partial charge in [0.25, 0.3) is 5.56 Å². The van der Waals surface area contributed by atoms with Crippen LogP contribution in [0.1, 0.15) is 51.7 Å². The average Bonchev–Trinajstić information content (AvgIpc) is 2.75. The van der Waals surface area contributed by atoms with E-state index in [1.165, 1.54) is 16.9 Å². The second-order valence-corrected chi connectivity index (χ2v) is 8.46. The number of hydrogen-bond donors (Lipinski definition) is 0. The van der Waals surface area contributed by atoms with E-state index in [1.807, 2.05) is 39.0 Å². The van der Waals surface area contributed by atoms with Gasteiger partial charge in [-0.3, -0.25) is 9.59 Å². The van der Waals surface area contributed by atoms with Gasteiger partial charge in [0.05, 0.1) is 4.53 Å². The van der Waals surface area contributed by atoms with Crippen LogP contribution in [0.2, 0.25) is 0 Å². The molecule has 0 unspecified atom stereocenters. The van der Waals surface area contributed by atoms with Gasteiger partial charge in [-0.05, 0) is 23.1 Å². The van der Waals surface area contributed by atoms with E-state index < -0.39 is 5.41 Å². The molecule has 24 heavy (non-hydrogen) atoms. The van der Waals surface area contributed by atoms with Gasteiger partial charge in [-0.1, -0.05) is 58.9 Å². The molecule has 0 aliphatic rings. The summed E-state index contributed by atoms with van der Waals surface area (Å²) in [5.41, 5.74) is 1.75. The fourth-order valence-electron chi connectivity index (χ4n) is 2.16. The summed E-state index contributed by atoms with van der Waals surface area (Å²) in [7, 11) is 1.71. The number of Topliss-reactive ketones (excluding diaryl/α,β-unsaturated/α-hetero) is 1. The quantitative estimate of drug-likeness (QED) is 0.860. The summed E-state index contributed by atoms with van der Waals surface area (Å²) in [6.45, 7) is 9.94. The number of thiazole rings is 1. The number of carbonyl (C=O) groups is 1. The largest absolute Gasteiger partial charge is 0.302 e. The zero-order valence-corrected chi connectivity index (χ0v) is 16.0. The van der Waals surface area contributed by atoms with E-state index in [0.29, 0.717) is 15.1 Å². The third-order valence-corrected chi connectivity index (χ3v) is 5.07. The van der Waals surface area contributed by atoms with Gasteiger partial charge >= 0.3 is 0 Å². The molecule has 2 aromatic rings. The first kappa shape index (κ1) is 18.4. The Morgan fingerprint density at radius 1 is 1.17 bits per heavy atom. The Morgan fingerprint density at radius 2 is 1.75 bits per heavy atom. The second kappa shape index (κ2) is 6.89. The maximum Gasteiger partial charge on any atom is 0.268 e. The van der Waals surface area contributed by atoms with Gasteiger partial charge in [0.15, 0.2) is 5.78 Å². The fraction of sp³-hybridized carbons (Fsp3) is 0.400. The number of hydrogen-bond acceptors (Lipinski definition) is 3. The molecular weight excluding hydrogens is 318 g/mol. The lowest BCUT2D eigenvalue weighted by atomic mass is 9.91. The van der Waals surface area contributed by atoms with E-state index in [2.05, 4.69) is 26.0 Å². The summed E-state index contributed by atoms with van der Waals surface area (Å²) in [6, 6.07) is 8.23. The highest BCUT2D eigenvalue weighted by Crippen LogP contribution is 2.15. The van der Waals surface area contributed by atoms with Gasteiger partial charge < -0.3 is 4.57 Å². The highest BCUT2D eigenvalue weighted by molar-refractivity contribution is 7.07. The zero-order chi connectivity index (χ0) is 18.1. The van der Waals surface area contributed by atoms with Crippen LogP contribution in [-0.4, -0.2) is 10.4 Å². The van der Waals surface area contributed by atoms with Gasteiger partial charge in [0, 0.05) is 18.5 Å². The van der Waals surface area contributed by atoms with Gasteiger partial charge in [-0.15, -0.1) is 11.3 Å². The van der Waals surface area contributed by atoms with Crippen LogP contribution in [0.25, 0.3) is 12.2 Å². The maximum atomic E-state index is 12.4. The highest BCUT2D eigenvalue weighted by atomic mass is 32.1. The Hall–Kier alpha value is -1.94. The molecular formula is C20H25NO2S. The smallest absolute Gasteiger partial charge is 0.268 e. The van der Waals surface area contributed by atoms with Crippen LogP contribution in [-0.2, 0) is 11.8 Å². The lowest BCUT2D eigenvalue weighted by Gasteiger charge is -2.12. The molecule has 128 valence electrons. The molecule has 0 amide bonds. The summed E-state index contributed by atoms with van der Waals surface area (Å²) in [5, 5.41) is 0. The number of carbonyl (C=O) groups excluding carboxylic acids is 1. The predicted octanol–water partition coefficient (Wildman–Crippen LogP) is 2.79. The average molecular weight is 343 g/mol. The van der Waals surface area contributed by atoms with Crippen LogP contribution in [0.4, 0.5) is 0 Å².